The topological polar surface area (TPSA) is 75.9 Å². The lowest BCUT2D eigenvalue weighted by Crippen LogP contribution is -2.44. The van der Waals surface area contributed by atoms with Crippen molar-refractivity contribution in [3.8, 4) is 11.4 Å². The summed E-state index contributed by atoms with van der Waals surface area (Å²) in [5.74, 6) is 0.596. The Hall–Kier alpha value is -1.99. The summed E-state index contributed by atoms with van der Waals surface area (Å²) in [7, 11) is 1.91. The number of hydrogen-bond donors (Lipinski definition) is 1. The maximum Gasteiger partial charge on any atom is 0.249 e. The van der Waals surface area contributed by atoms with E-state index in [4.69, 9.17) is 0 Å². The normalized spacial score (nSPS) is 18.2. The lowest BCUT2D eigenvalue weighted by Gasteiger charge is -2.26. The standard InChI is InChI=1S/C16H22N6O.ClH/c1-12(16(23)21-10-6-9-14(21)11-17-2)22-19-15(18-20-22)13-7-4-3-5-8-13;/h3-5,7-8,12,14,17H,6,9-11H2,1-2H3;1H. The van der Waals surface area contributed by atoms with E-state index in [1.165, 1.54) is 4.80 Å². The second-order valence-electron chi connectivity index (χ2n) is 5.86. The second-order valence-corrected chi connectivity index (χ2v) is 5.86. The van der Waals surface area contributed by atoms with Crippen molar-refractivity contribution < 1.29 is 4.79 Å². The van der Waals surface area contributed by atoms with E-state index in [0.717, 1.165) is 31.5 Å². The second kappa shape index (κ2) is 8.21. The number of likely N-dealkylation sites (tertiary alicyclic amines) is 1. The highest BCUT2D eigenvalue weighted by Gasteiger charge is 2.32. The predicted octanol–water partition coefficient (Wildman–Crippen LogP) is 1.53. The van der Waals surface area contributed by atoms with Crippen LogP contribution < -0.4 is 5.32 Å². The molecule has 1 saturated heterocycles. The van der Waals surface area contributed by atoms with E-state index in [2.05, 4.69) is 20.7 Å². The Balaban J connectivity index is 0.00000208. The highest BCUT2D eigenvalue weighted by molar-refractivity contribution is 5.85. The molecule has 1 amide bonds. The number of nitrogens with one attached hydrogen (secondary N) is 1. The Morgan fingerprint density at radius 2 is 2.12 bits per heavy atom. The summed E-state index contributed by atoms with van der Waals surface area (Å²) in [6.07, 6.45) is 2.09. The SMILES string of the molecule is CNCC1CCCN1C(=O)C(C)n1nnc(-c2ccccc2)n1.Cl. The average molecular weight is 351 g/mol. The summed E-state index contributed by atoms with van der Waals surface area (Å²) in [4.78, 5) is 16.1. The summed E-state index contributed by atoms with van der Waals surface area (Å²) < 4.78 is 0. The highest BCUT2D eigenvalue weighted by Crippen LogP contribution is 2.21. The summed E-state index contributed by atoms with van der Waals surface area (Å²) >= 11 is 0. The fourth-order valence-corrected chi connectivity index (χ4v) is 3.00. The first-order valence-electron chi connectivity index (χ1n) is 8.00. The molecule has 2 heterocycles. The maximum atomic E-state index is 12.7. The van der Waals surface area contributed by atoms with Crippen LogP contribution >= 0.6 is 12.4 Å². The van der Waals surface area contributed by atoms with Crippen LogP contribution in [0.15, 0.2) is 30.3 Å². The van der Waals surface area contributed by atoms with Crippen molar-refractivity contribution in [2.45, 2.75) is 31.8 Å². The Morgan fingerprint density at radius 3 is 2.83 bits per heavy atom. The van der Waals surface area contributed by atoms with Crippen LogP contribution in [0.4, 0.5) is 0 Å². The summed E-state index contributed by atoms with van der Waals surface area (Å²) in [6, 6.07) is 9.46. The molecule has 0 saturated carbocycles. The number of tetrazole rings is 1. The average Bonchev–Trinajstić information content (AvgIpc) is 3.24. The molecule has 24 heavy (non-hydrogen) atoms. The van der Waals surface area contributed by atoms with Gasteiger partial charge in [-0.1, -0.05) is 30.3 Å². The number of rotatable bonds is 5. The quantitative estimate of drug-likeness (QED) is 0.885. The zero-order valence-electron chi connectivity index (χ0n) is 13.9. The van der Waals surface area contributed by atoms with Crippen molar-refractivity contribution in [2.75, 3.05) is 20.1 Å². The van der Waals surface area contributed by atoms with Gasteiger partial charge in [0.15, 0.2) is 0 Å². The molecule has 1 fully saturated rings. The van der Waals surface area contributed by atoms with Gasteiger partial charge in [0.1, 0.15) is 6.04 Å². The third kappa shape index (κ3) is 3.73. The molecule has 1 aromatic heterocycles. The zero-order chi connectivity index (χ0) is 16.2. The summed E-state index contributed by atoms with van der Waals surface area (Å²) in [6.45, 7) is 3.45. The van der Waals surface area contributed by atoms with Crippen LogP contribution in [0.3, 0.4) is 0 Å². The van der Waals surface area contributed by atoms with Gasteiger partial charge in [-0.15, -0.1) is 22.6 Å². The molecule has 1 aromatic carbocycles. The molecule has 2 atom stereocenters. The van der Waals surface area contributed by atoms with Gasteiger partial charge < -0.3 is 10.2 Å². The minimum atomic E-state index is -0.447. The maximum absolute atomic E-state index is 12.7. The number of nitrogens with zero attached hydrogens (tertiary/aromatic N) is 5. The largest absolute Gasteiger partial charge is 0.337 e. The fraction of sp³-hybridized carbons (Fsp3) is 0.500. The van der Waals surface area contributed by atoms with E-state index in [1.54, 1.807) is 0 Å². The molecular weight excluding hydrogens is 328 g/mol. The monoisotopic (exact) mass is 350 g/mol. The molecule has 1 N–H and O–H groups in total. The minimum Gasteiger partial charge on any atom is -0.337 e. The van der Waals surface area contributed by atoms with E-state index in [9.17, 15) is 4.79 Å². The molecule has 1 aliphatic heterocycles. The van der Waals surface area contributed by atoms with Gasteiger partial charge in [-0.25, -0.2) is 0 Å². The van der Waals surface area contributed by atoms with Gasteiger partial charge in [-0.05, 0) is 32.0 Å². The van der Waals surface area contributed by atoms with E-state index in [0.29, 0.717) is 5.82 Å². The third-order valence-electron chi connectivity index (χ3n) is 4.26. The van der Waals surface area contributed by atoms with Crippen LogP contribution in [0, 0.1) is 0 Å². The van der Waals surface area contributed by atoms with Gasteiger partial charge >= 0.3 is 0 Å². The first-order valence-corrected chi connectivity index (χ1v) is 8.00. The van der Waals surface area contributed by atoms with Crippen LogP contribution in [-0.2, 0) is 4.79 Å². The molecule has 0 spiro atoms. The molecule has 2 unspecified atom stereocenters. The zero-order valence-corrected chi connectivity index (χ0v) is 14.7. The number of carbonyl (C=O) groups is 1. The van der Waals surface area contributed by atoms with E-state index >= 15 is 0 Å². The van der Waals surface area contributed by atoms with Crippen LogP contribution in [0.25, 0.3) is 11.4 Å². The number of amides is 1. The molecule has 8 heteroatoms. The molecule has 0 bridgehead atoms. The van der Waals surface area contributed by atoms with Crippen molar-refractivity contribution in [3.63, 3.8) is 0 Å². The lowest BCUT2D eigenvalue weighted by atomic mass is 10.2. The number of carbonyl (C=O) groups excluding carboxylic acids is 1. The van der Waals surface area contributed by atoms with Crippen LogP contribution in [-0.4, -0.2) is 57.2 Å². The lowest BCUT2D eigenvalue weighted by molar-refractivity contribution is -0.135. The van der Waals surface area contributed by atoms with Crippen molar-refractivity contribution in [3.05, 3.63) is 30.3 Å². The van der Waals surface area contributed by atoms with Crippen molar-refractivity contribution in [1.29, 1.82) is 0 Å². The van der Waals surface area contributed by atoms with E-state index in [-0.39, 0.29) is 24.4 Å². The van der Waals surface area contributed by atoms with Crippen molar-refractivity contribution in [1.82, 2.24) is 30.4 Å². The van der Waals surface area contributed by atoms with E-state index in [1.807, 2.05) is 49.2 Å². The first kappa shape index (κ1) is 18.4. The van der Waals surface area contributed by atoms with Crippen molar-refractivity contribution >= 4 is 18.3 Å². The van der Waals surface area contributed by atoms with Gasteiger partial charge in [-0.2, -0.15) is 4.80 Å². The fourth-order valence-electron chi connectivity index (χ4n) is 3.00. The van der Waals surface area contributed by atoms with Crippen LogP contribution in [0.5, 0.6) is 0 Å². The van der Waals surface area contributed by atoms with Crippen molar-refractivity contribution in [2.24, 2.45) is 0 Å². The van der Waals surface area contributed by atoms with E-state index < -0.39 is 6.04 Å². The molecule has 3 rings (SSSR count). The number of hydrogen-bond acceptors (Lipinski definition) is 5. The minimum absolute atomic E-state index is 0. The number of aromatic nitrogens is 4. The smallest absolute Gasteiger partial charge is 0.249 e. The Labute approximate surface area is 147 Å². The predicted molar refractivity (Wildman–Crippen MR) is 93.9 cm³/mol. The number of halogens is 1. The molecule has 2 aromatic rings. The van der Waals surface area contributed by atoms with Gasteiger partial charge in [0, 0.05) is 24.7 Å². The number of likely N-dealkylation sites (N-methyl/N-ethyl adjacent to an activating group) is 1. The Bertz CT molecular complexity index is 662. The summed E-state index contributed by atoms with van der Waals surface area (Å²) in [5, 5.41) is 15.7. The molecule has 0 radical (unpaired) electrons. The summed E-state index contributed by atoms with van der Waals surface area (Å²) in [5.41, 5.74) is 0.896. The van der Waals surface area contributed by atoms with Crippen LogP contribution in [0.1, 0.15) is 25.8 Å². The number of benzene rings is 1. The van der Waals surface area contributed by atoms with Gasteiger partial charge in [0.2, 0.25) is 11.7 Å². The molecule has 1 aliphatic rings. The molecule has 7 nitrogen and oxygen atoms in total. The molecular formula is C16H23ClN6O. The first-order chi connectivity index (χ1) is 11.2. The molecule has 0 aliphatic carbocycles. The highest BCUT2D eigenvalue weighted by atomic mass is 35.5. The van der Waals surface area contributed by atoms with Gasteiger partial charge in [0.25, 0.3) is 0 Å². The van der Waals surface area contributed by atoms with Gasteiger partial charge in [0.05, 0.1) is 0 Å². The Morgan fingerprint density at radius 1 is 1.38 bits per heavy atom. The third-order valence-corrected chi connectivity index (χ3v) is 4.26. The Kier molecular flexibility index (Phi) is 6.28. The van der Waals surface area contributed by atoms with Crippen LogP contribution in [0.2, 0.25) is 0 Å². The molecule has 130 valence electrons. The van der Waals surface area contributed by atoms with Gasteiger partial charge in [-0.3, -0.25) is 4.79 Å².